The summed E-state index contributed by atoms with van der Waals surface area (Å²) in [6.07, 6.45) is 9.08. The third-order valence-corrected chi connectivity index (χ3v) is 5.95. The molecule has 0 saturated carbocycles. The molecule has 5 nitrogen and oxygen atoms in total. The molecule has 28 heavy (non-hydrogen) atoms. The van der Waals surface area contributed by atoms with Gasteiger partial charge in [-0.15, -0.1) is 0 Å². The molecule has 0 bridgehead atoms. The van der Waals surface area contributed by atoms with Gasteiger partial charge in [0.2, 0.25) is 5.91 Å². The van der Waals surface area contributed by atoms with Gasteiger partial charge in [-0.3, -0.25) is 9.69 Å². The lowest BCUT2D eigenvalue weighted by Crippen LogP contribution is -2.41. The average Bonchev–Trinajstić information content (AvgIpc) is 3.22. The van der Waals surface area contributed by atoms with Crippen LogP contribution in [0.1, 0.15) is 31.7 Å². The lowest BCUT2D eigenvalue weighted by atomic mass is 9.98. The Hall–Kier alpha value is -2.53. The molecular formula is C23H28N4O. The number of nitrogens with zero attached hydrogens (tertiary/aromatic N) is 4. The Labute approximate surface area is 167 Å². The zero-order valence-corrected chi connectivity index (χ0v) is 16.6. The van der Waals surface area contributed by atoms with E-state index in [1.165, 1.54) is 24.0 Å². The molecule has 2 aliphatic rings. The van der Waals surface area contributed by atoms with Gasteiger partial charge in [0.15, 0.2) is 5.82 Å². The first kappa shape index (κ1) is 18.8. The highest BCUT2D eigenvalue weighted by Gasteiger charge is 2.25. The summed E-state index contributed by atoms with van der Waals surface area (Å²) in [6, 6.07) is 10.2. The second kappa shape index (κ2) is 8.65. The smallest absolute Gasteiger partial charge is 0.237 e. The molecule has 1 aromatic heterocycles. The van der Waals surface area contributed by atoms with Crippen molar-refractivity contribution in [1.82, 2.24) is 19.8 Å². The molecule has 146 valence electrons. The van der Waals surface area contributed by atoms with Crippen LogP contribution < -0.4 is 0 Å². The Morgan fingerprint density at radius 1 is 1.11 bits per heavy atom. The molecule has 0 aliphatic carbocycles. The molecule has 1 atom stereocenters. The van der Waals surface area contributed by atoms with Crippen molar-refractivity contribution >= 4 is 11.5 Å². The molecule has 0 N–H and O–H groups in total. The van der Waals surface area contributed by atoms with E-state index in [9.17, 15) is 4.79 Å². The summed E-state index contributed by atoms with van der Waals surface area (Å²) >= 11 is 0. The number of amides is 1. The van der Waals surface area contributed by atoms with Crippen LogP contribution in [0.5, 0.6) is 0 Å². The minimum Gasteiger partial charge on any atom is -0.338 e. The molecule has 5 heteroatoms. The van der Waals surface area contributed by atoms with E-state index in [1.807, 2.05) is 11.0 Å². The zero-order valence-electron chi connectivity index (χ0n) is 16.6. The number of hydrogen-bond donors (Lipinski definition) is 0. The molecule has 2 aliphatic heterocycles. The van der Waals surface area contributed by atoms with Crippen LogP contribution in [0.15, 0.2) is 48.8 Å². The van der Waals surface area contributed by atoms with Gasteiger partial charge in [-0.05, 0) is 42.5 Å². The fourth-order valence-corrected chi connectivity index (χ4v) is 4.12. The Morgan fingerprint density at radius 3 is 2.50 bits per heavy atom. The van der Waals surface area contributed by atoms with E-state index in [-0.39, 0.29) is 5.91 Å². The van der Waals surface area contributed by atoms with E-state index in [0.29, 0.717) is 13.1 Å². The molecule has 0 spiro atoms. The number of carbonyl (C=O) groups is 1. The van der Waals surface area contributed by atoms with Crippen LogP contribution in [0.2, 0.25) is 0 Å². The van der Waals surface area contributed by atoms with Crippen molar-refractivity contribution in [2.24, 2.45) is 5.92 Å². The second-order valence-corrected chi connectivity index (χ2v) is 7.77. The maximum Gasteiger partial charge on any atom is 0.237 e. The molecule has 2 aromatic rings. The average molecular weight is 377 g/mol. The largest absolute Gasteiger partial charge is 0.338 e. The minimum absolute atomic E-state index is 0.267. The van der Waals surface area contributed by atoms with E-state index in [2.05, 4.69) is 52.1 Å². The van der Waals surface area contributed by atoms with Crippen LogP contribution in [-0.2, 0) is 4.79 Å². The van der Waals surface area contributed by atoms with Gasteiger partial charge in [0, 0.05) is 37.6 Å². The van der Waals surface area contributed by atoms with Crippen LogP contribution >= 0.6 is 0 Å². The summed E-state index contributed by atoms with van der Waals surface area (Å²) in [4.78, 5) is 25.5. The molecule has 3 heterocycles. The van der Waals surface area contributed by atoms with Crippen molar-refractivity contribution in [3.63, 3.8) is 0 Å². The number of rotatable bonds is 5. The fraction of sp³-hybridized carbons (Fsp3) is 0.435. The lowest BCUT2D eigenvalue weighted by Gasteiger charge is -2.28. The van der Waals surface area contributed by atoms with Gasteiger partial charge in [0.1, 0.15) is 0 Å². The highest BCUT2D eigenvalue weighted by atomic mass is 16.2. The molecule has 1 fully saturated rings. The Bertz CT molecular complexity index is 831. The fourth-order valence-electron chi connectivity index (χ4n) is 4.12. The van der Waals surface area contributed by atoms with Gasteiger partial charge in [0.05, 0.1) is 6.54 Å². The first-order chi connectivity index (χ1) is 13.7. The standard InChI is InChI=1S/C23H28N4O/c1-2-18-8-13-26(16-18)17-22(28)27-14-9-20(10-15-27)19-4-6-21(7-5-19)23-24-11-3-12-25-23/h3-7,9,11-12,18H,2,8,10,13-17H2,1H3. The first-order valence-corrected chi connectivity index (χ1v) is 10.3. The quantitative estimate of drug-likeness (QED) is 0.801. The molecule has 0 radical (unpaired) electrons. The van der Waals surface area contributed by atoms with Crippen LogP contribution in [0, 0.1) is 5.92 Å². The van der Waals surface area contributed by atoms with Crippen molar-refractivity contribution in [3.8, 4) is 11.4 Å². The van der Waals surface area contributed by atoms with Crippen molar-refractivity contribution in [2.45, 2.75) is 26.2 Å². The summed E-state index contributed by atoms with van der Waals surface area (Å²) in [5.41, 5.74) is 3.56. The van der Waals surface area contributed by atoms with E-state index in [4.69, 9.17) is 0 Å². The van der Waals surface area contributed by atoms with Gasteiger partial charge in [-0.1, -0.05) is 43.7 Å². The highest BCUT2D eigenvalue weighted by molar-refractivity contribution is 5.80. The van der Waals surface area contributed by atoms with Gasteiger partial charge < -0.3 is 4.90 Å². The Morgan fingerprint density at radius 2 is 1.86 bits per heavy atom. The maximum absolute atomic E-state index is 12.6. The Kier molecular flexibility index (Phi) is 5.81. The van der Waals surface area contributed by atoms with Gasteiger partial charge in [-0.2, -0.15) is 0 Å². The van der Waals surface area contributed by atoms with Crippen molar-refractivity contribution in [2.75, 3.05) is 32.7 Å². The van der Waals surface area contributed by atoms with Gasteiger partial charge in [-0.25, -0.2) is 9.97 Å². The van der Waals surface area contributed by atoms with Gasteiger partial charge >= 0.3 is 0 Å². The van der Waals surface area contributed by atoms with E-state index >= 15 is 0 Å². The van der Waals surface area contributed by atoms with Crippen LogP contribution in [0.4, 0.5) is 0 Å². The summed E-state index contributed by atoms with van der Waals surface area (Å²) in [6.45, 7) is 6.48. The van der Waals surface area contributed by atoms with E-state index < -0.39 is 0 Å². The maximum atomic E-state index is 12.6. The zero-order chi connectivity index (χ0) is 19.3. The number of likely N-dealkylation sites (tertiary alicyclic amines) is 1. The van der Waals surface area contributed by atoms with Crippen molar-refractivity contribution in [1.29, 1.82) is 0 Å². The topological polar surface area (TPSA) is 49.3 Å². The number of carbonyl (C=O) groups excluding carboxylic acids is 1. The van der Waals surface area contributed by atoms with Crippen LogP contribution in [-0.4, -0.2) is 58.4 Å². The second-order valence-electron chi connectivity index (χ2n) is 7.77. The summed E-state index contributed by atoms with van der Waals surface area (Å²) in [7, 11) is 0. The third kappa shape index (κ3) is 4.30. The van der Waals surface area contributed by atoms with E-state index in [0.717, 1.165) is 43.4 Å². The highest BCUT2D eigenvalue weighted by Crippen LogP contribution is 2.25. The van der Waals surface area contributed by atoms with Crippen LogP contribution in [0.3, 0.4) is 0 Å². The first-order valence-electron chi connectivity index (χ1n) is 10.3. The summed E-state index contributed by atoms with van der Waals surface area (Å²) in [5.74, 6) is 1.78. The summed E-state index contributed by atoms with van der Waals surface area (Å²) in [5, 5.41) is 0. The van der Waals surface area contributed by atoms with E-state index in [1.54, 1.807) is 12.4 Å². The summed E-state index contributed by atoms with van der Waals surface area (Å²) < 4.78 is 0. The Balaban J connectivity index is 1.34. The molecule has 1 amide bonds. The SMILES string of the molecule is CCC1CCN(CC(=O)N2CC=C(c3ccc(-c4ncccn4)cc3)CC2)C1. The predicted octanol–water partition coefficient (Wildman–Crippen LogP) is 3.49. The predicted molar refractivity (Wildman–Crippen MR) is 111 cm³/mol. The monoisotopic (exact) mass is 376 g/mol. The molecule has 1 saturated heterocycles. The van der Waals surface area contributed by atoms with Crippen LogP contribution in [0.25, 0.3) is 17.0 Å². The number of aromatic nitrogens is 2. The molecular weight excluding hydrogens is 348 g/mol. The van der Waals surface area contributed by atoms with Crippen molar-refractivity contribution < 1.29 is 4.79 Å². The normalized spacial score (nSPS) is 20.2. The van der Waals surface area contributed by atoms with Gasteiger partial charge in [0.25, 0.3) is 0 Å². The molecule has 1 aromatic carbocycles. The van der Waals surface area contributed by atoms with Crippen molar-refractivity contribution in [3.05, 3.63) is 54.4 Å². The number of benzene rings is 1. The molecule has 4 rings (SSSR count). The minimum atomic E-state index is 0.267. The third-order valence-electron chi connectivity index (χ3n) is 5.95. The number of hydrogen-bond acceptors (Lipinski definition) is 4. The molecule has 1 unspecified atom stereocenters. The lowest BCUT2D eigenvalue weighted by molar-refractivity contribution is -0.131.